The van der Waals surface area contributed by atoms with Crippen LogP contribution in [0.4, 0.5) is 0 Å². The van der Waals surface area contributed by atoms with Gasteiger partial charge in [-0.1, -0.05) is 121 Å². The number of nitrogens with zero attached hydrogens (tertiary/aromatic N) is 1. The van der Waals surface area contributed by atoms with Crippen LogP contribution in [0.2, 0.25) is 0 Å². The van der Waals surface area contributed by atoms with Gasteiger partial charge in [0.2, 0.25) is 0 Å². The molecular formula is C42H49NO9. The lowest BCUT2D eigenvalue weighted by molar-refractivity contribution is -0.349. The molecule has 4 aromatic carbocycles. The zero-order valence-corrected chi connectivity index (χ0v) is 29.2. The summed E-state index contributed by atoms with van der Waals surface area (Å²) >= 11 is 0. The summed E-state index contributed by atoms with van der Waals surface area (Å²) in [6, 6.07) is 39.0. The van der Waals surface area contributed by atoms with Gasteiger partial charge in [-0.3, -0.25) is 4.90 Å². The van der Waals surface area contributed by atoms with E-state index in [2.05, 4.69) is 0 Å². The van der Waals surface area contributed by atoms with Gasteiger partial charge >= 0.3 is 0 Å². The Morgan fingerprint density at radius 1 is 0.558 bits per heavy atom. The third kappa shape index (κ3) is 9.15. The molecule has 0 saturated carbocycles. The molecule has 52 heavy (non-hydrogen) atoms. The molecule has 10 nitrogen and oxygen atoms in total. The minimum Gasteiger partial charge on any atom is -0.391 e. The molecule has 0 radical (unpaired) electrons. The first-order chi connectivity index (χ1) is 25.5. The average Bonchev–Trinajstić information content (AvgIpc) is 3.55. The second kappa shape index (κ2) is 18.0. The fourth-order valence-corrected chi connectivity index (χ4v) is 7.44. The molecule has 3 heterocycles. The van der Waals surface area contributed by atoms with Crippen molar-refractivity contribution in [1.82, 2.24) is 4.90 Å². The number of rotatable bonds is 15. The van der Waals surface area contributed by atoms with Crippen LogP contribution in [-0.4, -0.2) is 101 Å². The normalized spacial score (nSPS) is 30.6. The molecule has 0 spiro atoms. The lowest BCUT2D eigenvalue weighted by atomic mass is 9.92. The van der Waals surface area contributed by atoms with Crippen molar-refractivity contribution >= 4 is 0 Å². The number of benzene rings is 4. The summed E-state index contributed by atoms with van der Waals surface area (Å²) in [5.74, 6) is 0. The van der Waals surface area contributed by atoms with Gasteiger partial charge in [0.05, 0.1) is 51.3 Å². The van der Waals surface area contributed by atoms with Crippen molar-refractivity contribution in [1.29, 1.82) is 0 Å². The lowest BCUT2D eigenvalue weighted by Gasteiger charge is -2.49. The van der Waals surface area contributed by atoms with Gasteiger partial charge < -0.3 is 43.7 Å². The molecule has 0 amide bonds. The summed E-state index contributed by atoms with van der Waals surface area (Å²) < 4.78 is 40.1. The van der Waals surface area contributed by atoms with Crippen LogP contribution in [-0.2, 0) is 54.8 Å². The summed E-state index contributed by atoms with van der Waals surface area (Å²) in [7, 11) is 0. The first-order valence-corrected chi connectivity index (χ1v) is 18.2. The third-order valence-electron chi connectivity index (χ3n) is 10.1. The highest BCUT2D eigenvalue weighted by molar-refractivity contribution is 5.17. The van der Waals surface area contributed by atoms with Crippen molar-refractivity contribution in [2.24, 2.45) is 0 Å². The molecule has 0 aromatic heterocycles. The highest BCUT2D eigenvalue weighted by atomic mass is 16.7. The first kappa shape index (κ1) is 36.8. The average molecular weight is 712 g/mol. The highest BCUT2D eigenvalue weighted by Gasteiger charge is 2.54. The van der Waals surface area contributed by atoms with Crippen molar-refractivity contribution in [3.8, 4) is 0 Å². The fraction of sp³-hybridized carbons (Fsp3) is 0.429. The van der Waals surface area contributed by atoms with Crippen LogP contribution >= 0.6 is 0 Å². The van der Waals surface area contributed by atoms with Crippen molar-refractivity contribution in [2.45, 2.75) is 94.0 Å². The second-order valence-electron chi connectivity index (χ2n) is 13.8. The number of hydrogen-bond acceptors (Lipinski definition) is 10. The summed E-state index contributed by atoms with van der Waals surface area (Å²) in [6.45, 7) is 2.14. The Hall–Kier alpha value is -3.52. The molecule has 3 N–H and O–H groups in total. The Kier molecular flexibility index (Phi) is 12.7. The van der Waals surface area contributed by atoms with E-state index in [4.69, 9.17) is 28.4 Å². The molecule has 10 atom stereocenters. The highest BCUT2D eigenvalue weighted by Crippen LogP contribution is 2.36. The molecular weight excluding hydrogens is 662 g/mol. The Morgan fingerprint density at radius 3 is 1.58 bits per heavy atom. The molecule has 3 saturated heterocycles. The van der Waals surface area contributed by atoms with Crippen LogP contribution in [0.5, 0.6) is 0 Å². The Morgan fingerprint density at radius 2 is 1.04 bits per heavy atom. The van der Waals surface area contributed by atoms with Crippen LogP contribution in [0.1, 0.15) is 28.7 Å². The molecule has 276 valence electrons. The van der Waals surface area contributed by atoms with Gasteiger partial charge in [-0.15, -0.1) is 0 Å². The summed E-state index contributed by atoms with van der Waals surface area (Å²) in [6.07, 6.45) is -7.47. The topological polar surface area (TPSA) is 119 Å². The molecule has 0 bridgehead atoms. The minimum atomic E-state index is -1.25. The number of fused-ring (bicyclic) bond motifs is 1. The molecule has 3 fully saturated rings. The van der Waals surface area contributed by atoms with Crippen LogP contribution in [0.3, 0.4) is 0 Å². The largest absolute Gasteiger partial charge is 0.391 e. The van der Waals surface area contributed by atoms with E-state index in [9.17, 15) is 15.3 Å². The van der Waals surface area contributed by atoms with Crippen LogP contribution < -0.4 is 0 Å². The van der Waals surface area contributed by atoms with Gasteiger partial charge in [0, 0.05) is 13.1 Å². The number of hydrogen-bond donors (Lipinski definition) is 3. The lowest BCUT2D eigenvalue weighted by Crippen LogP contribution is -2.67. The molecule has 0 unspecified atom stereocenters. The maximum atomic E-state index is 11.4. The quantitative estimate of drug-likeness (QED) is 0.165. The van der Waals surface area contributed by atoms with Crippen LogP contribution in [0.25, 0.3) is 0 Å². The minimum absolute atomic E-state index is 0.152. The standard InChI is InChI=1S/C42H49NO9/c44-33-21-22-43-23-34(45)37(46)39(36(33)43)52-42-41(50-27-32-19-11-4-12-20-32)40(49-26-31-17-9-3-10-18-31)38(48-25-30-15-7-2-8-16-30)35(51-42)28-47-24-29-13-5-1-6-14-29/h1-20,33-42,44-46H,21-28H2/t33-,34-,35+,36+,37+,38+,39+,40-,41+,42+/m0/s1. The van der Waals surface area contributed by atoms with Gasteiger partial charge in [-0.2, -0.15) is 0 Å². The SMILES string of the molecule is O[C@H]1[C@H](O[C@H]2O[C@H](COCc3ccccc3)[C@@H](OCc3ccccc3)[C@H](OCc3ccccc3)[C@H]2OCc2ccccc2)[C@H]2[C@@H](O)CCN2C[C@@H]1O. The van der Waals surface area contributed by atoms with E-state index < -0.39 is 61.2 Å². The van der Waals surface area contributed by atoms with Crippen molar-refractivity contribution < 1.29 is 43.7 Å². The third-order valence-corrected chi connectivity index (χ3v) is 10.1. The van der Waals surface area contributed by atoms with Gasteiger partial charge in [-0.05, 0) is 28.7 Å². The molecule has 10 heteroatoms. The molecule has 3 aliphatic rings. The van der Waals surface area contributed by atoms with E-state index >= 15 is 0 Å². The molecule has 0 aliphatic carbocycles. The molecule has 4 aromatic rings. The Labute approximate surface area is 305 Å². The van der Waals surface area contributed by atoms with E-state index in [1.807, 2.05) is 126 Å². The van der Waals surface area contributed by atoms with Crippen molar-refractivity contribution in [3.05, 3.63) is 144 Å². The van der Waals surface area contributed by atoms with E-state index in [1.54, 1.807) is 0 Å². The Balaban J connectivity index is 1.22. The summed E-state index contributed by atoms with van der Waals surface area (Å²) in [4.78, 5) is 1.98. The number of aliphatic hydroxyl groups excluding tert-OH is 3. The smallest absolute Gasteiger partial charge is 0.187 e. The maximum absolute atomic E-state index is 11.4. The van der Waals surface area contributed by atoms with Crippen molar-refractivity contribution in [2.75, 3.05) is 19.7 Å². The molecule has 3 aliphatic heterocycles. The summed E-state index contributed by atoms with van der Waals surface area (Å²) in [5.41, 5.74) is 3.93. The van der Waals surface area contributed by atoms with Crippen molar-refractivity contribution in [3.63, 3.8) is 0 Å². The number of aliphatic hydroxyl groups is 3. The van der Waals surface area contributed by atoms with Gasteiger partial charge in [0.25, 0.3) is 0 Å². The zero-order valence-electron chi connectivity index (χ0n) is 29.2. The van der Waals surface area contributed by atoms with Gasteiger partial charge in [0.15, 0.2) is 6.29 Å². The second-order valence-corrected chi connectivity index (χ2v) is 13.8. The predicted molar refractivity (Wildman–Crippen MR) is 193 cm³/mol. The monoisotopic (exact) mass is 711 g/mol. The number of ether oxygens (including phenoxy) is 6. The predicted octanol–water partition coefficient (Wildman–Crippen LogP) is 4.24. The van der Waals surface area contributed by atoms with E-state index in [1.165, 1.54) is 0 Å². The van der Waals surface area contributed by atoms with E-state index in [0.717, 1.165) is 22.3 Å². The van der Waals surface area contributed by atoms with Gasteiger partial charge in [-0.25, -0.2) is 0 Å². The van der Waals surface area contributed by atoms with E-state index in [0.29, 0.717) is 26.2 Å². The van der Waals surface area contributed by atoms with Gasteiger partial charge in [0.1, 0.15) is 36.6 Å². The first-order valence-electron chi connectivity index (χ1n) is 18.2. The summed E-state index contributed by atoms with van der Waals surface area (Å²) in [5, 5.41) is 33.3. The number of piperidine rings is 1. The van der Waals surface area contributed by atoms with E-state index in [-0.39, 0.29) is 26.4 Å². The van der Waals surface area contributed by atoms with Crippen LogP contribution in [0, 0.1) is 0 Å². The zero-order chi connectivity index (χ0) is 35.7. The Bertz CT molecular complexity index is 1620. The maximum Gasteiger partial charge on any atom is 0.187 e. The molecule has 7 rings (SSSR count). The van der Waals surface area contributed by atoms with Crippen LogP contribution in [0.15, 0.2) is 121 Å². The fourth-order valence-electron chi connectivity index (χ4n) is 7.44.